The Morgan fingerprint density at radius 3 is 2.36 bits per heavy atom. The van der Waals surface area contributed by atoms with Gasteiger partial charge >= 0.3 is 0 Å². The van der Waals surface area contributed by atoms with Crippen molar-refractivity contribution < 1.29 is 9.21 Å². The van der Waals surface area contributed by atoms with Gasteiger partial charge in [-0.25, -0.2) is 0 Å². The van der Waals surface area contributed by atoms with Gasteiger partial charge in [0.2, 0.25) is 0 Å². The van der Waals surface area contributed by atoms with Crippen LogP contribution in [-0.4, -0.2) is 47.9 Å². The fourth-order valence-corrected chi connectivity index (χ4v) is 3.34. The molecule has 2 fully saturated rings. The van der Waals surface area contributed by atoms with Crippen molar-refractivity contribution in [3.8, 4) is 0 Å². The van der Waals surface area contributed by atoms with Gasteiger partial charge in [0.1, 0.15) is 12.0 Å². The molecule has 1 aliphatic carbocycles. The molecule has 1 saturated heterocycles. The largest absolute Gasteiger partial charge is 0.467 e. The average molecular weight is 350 g/mol. The normalized spacial score (nSPS) is 19.6. The van der Waals surface area contributed by atoms with Crippen molar-refractivity contribution in [1.82, 2.24) is 9.80 Å². The van der Waals surface area contributed by atoms with Gasteiger partial charge in [-0.1, -0.05) is 12.8 Å². The first-order valence-corrected chi connectivity index (χ1v) is 7.58. The molecule has 1 saturated carbocycles. The van der Waals surface area contributed by atoms with Crippen molar-refractivity contribution in [2.45, 2.75) is 38.3 Å². The highest BCUT2D eigenvalue weighted by Crippen LogP contribution is 2.24. The zero-order chi connectivity index (χ0) is 13.9. The van der Waals surface area contributed by atoms with E-state index < -0.39 is 0 Å². The van der Waals surface area contributed by atoms with E-state index in [0.29, 0.717) is 17.9 Å². The summed E-state index contributed by atoms with van der Waals surface area (Å²) in [6.45, 7) is 3.97. The van der Waals surface area contributed by atoms with Crippen LogP contribution >= 0.6 is 24.8 Å². The summed E-state index contributed by atoms with van der Waals surface area (Å²) in [5, 5.41) is 0. The van der Waals surface area contributed by atoms with E-state index in [0.717, 1.165) is 32.2 Å². The van der Waals surface area contributed by atoms with Crippen LogP contribution in [0.5, 0.6) is 0 Å². The molecule has 0 spiro atoms. The van der Waals surface area contributed by atoms with E-state index in [-0.39, 0.29) is 30.7 Å². The van der Waals surface area contributed by atoms with Crippen LogP contribution in [0.25, 0.3) is 0 Å². The van der Waals surface area contributed by atoms with E-state index in [1.54, 1.807) is 6.07 Å². The van der Waals surface area contributed by atoms with Crippen molar-refractivity contribution in [2.75, 3.05) is 26.2 Å². The van der Waals surface area contributed by atoms with E-state index in [9.17, 15) is 4.79 Å². The number of piperazine rings is 1. The molecule has 0 unspecified atom stereocenters. The monoisotopic (exact) mass is 349 g/mol. The molecule has 0 atom stereocenters. The summed E-state index contributed by atoms with van der Waals surface area (Å²) < 4.78 is 5.25. The summed E-state index contributed by atoms with van der Waals surface area (Å²) in [4.78, 5) is 16.8. The van der Waals surface area contributed by atoms with Crippen molar-refractivity contribution in [1.29, 1.82) is 0 Å². The number of rotatable bonds is 3. The number of halogens is 2. The number of furan rings is 1. The molecule has 1 aromatic heterocycles. The third kappa shape index (κ3) is 4.16. The maximum absolute atomic E-state index is 12.4. The minimum atomic E-state index is 0. The minimum Gasteiger partial charge on any atom is -0.467 e. The first-order chi connectivity index (χ1) is 9.78. The number of nitrogens with two attached hydrogens (primary N) is 1. The number of carbonyl (C=O) groups excluding carboxylic acids is 1. The molecular formula is C15H25Cl2N3O2. The van der Waals surface area contributed by atoms with Crippen LogP contribution in [0.2, 0.25) is 0 Å². The van der Waals surface area contributed by atoms with Crippen LogP contribution in [0.15, 0.2) is 16.7 Å². The predicted octanol–water partition coefficient (Wildman–Crippen LogP) is 2.28. The molecule has 0 aromatic carbocycles. The van der Waals surface area contributed by atoms with Gasteiger partial charge in [0, 0.05) is 32.2 Å². The lowest BCUT2D eigenvalue weighted by Crippen LogP contribution is -2.51. The fraction of sp³-hybridized carbons (Fsp3) is 0.667. The van der Waals surface area contributed by atoms with Crippen molar-refractivity contribution >= 4 is 30.7 Å². The van der Waals surface area contributed by atoms with Gasteiger partial charge in [-0.2, -0.15) is 0 Å². The molecule has 5 nitrogen and oxygen atoms in total. The molecule has 0 radical (unpaired) electrons. The molecule has 7 heteroatoms. The number of nitrogens with zero attached hydrogens (tertiary/aromatic N) is 2. The van der Waals surface area contributed by atoms with Crippen LogP contribution in [0.1, 0.15) is 41.8 Å². The first-order valence-electron chi connectivity index (χ1n) is 7.58. The highest BCUT2D eigenvalue weighted by molar-refractivity contribution is 5.94. The van der Waals surface area contributed by atoms with Gasteiger partial charge < -0.3 is 15.1 Å². The van der Waals surface area contributed by atoms with Crippen LogP contribution in [-0.2, 0) is 6.54 Å². The lowest BCUT2D eigenvalue weighted by atomic mass is 10.1. The van der Waals surface area contributed by atoms with Gasteiger partial charge in [0.15, 0.2) is 0 Å². The highest BCUT2D eigenvalue weighted by atomic mass is 35.5. The zero-order valence-electron chi connectivity index (χ0n) is 12.7. The Morgan fingerprint density at radius 1 is 1.18 bits per heavy atom. The standard InChI is InChI=1S/C15H23N3O2.2ClH/c16-10-14-9-12(11-20-14)15(19)18-7-5-17(6-8-18)13-3-1-2-4-13;;/h9,11,13H,1-8,10,16H2;2*1H. The second-order valence-electron chi connectivity index (χ2n) is 5.77. The Balaban J connectivity index is 0.00000121. The molecule has 2 N–H and O–H groups in total. The van der Waals surface area contributed by atoms with Crippen molar-refractivity contribution in [3.63, 3.8) is 0 Å². The summed E-state index contributed by atoms with van der Waals surface area (Å²) >= 11 is 0. The molecular weight excluding hydrogens is 325 g/mol. The molecule has 1 aliphatic heterocycles. The molecule has 3 rings (SSSR count). The molecule has 0 bridgehead atoms. The number of carbonyl (C=O) groups is 1. The second kappa shape index (κ2) is 8.77. The average Bonchev–Trinajstić information content (AvgIpc) is 3.18. The van der Waals surface area contributed by atoms with E-state index >= 15 is 0 Å². The van der Waals surface area contributed by atoms with Gasteiger partial charge in [-0.15, -0.1) is 24.8 Å². The topological polar surface area (TPSA) is 62.7 Å². The maximum Gasteiger partial charge on any atom is 0.257 e. The summed E-state index contributed by atoms with van der Waals surface area (Å²) in [6, 6.07) is 2.51. The summed E-state index contributed by atoms with van der Waals surface area (Å²) in [6.07, 6.45) is 6.90. The quantitative estimate of drug-likeness (QED) is 0.909. The summed E-state index contributed by atoms with van der Waals surface area (Å²) in [5.41, 5.74) is 6.13. The molecule has 126 valence electrons. The fourth-order valence-electron chi connectivity index (χ4n) is 3.34. The Bertz CT molecular complexity index is 467. The highest BCUT2D eigenvalue weighted by Gasteiger charge is 2.28. The minimum absolute atomic E-state index is 0. The van der Waals surface area contributed by atoms with E-state index in [4.69, 9.17) is 10.2 Å². The number of hydrogen-bond acceptors (Lipinski definition) is 4. The smallest absolute Gasteiger partial charge is 0.257 e. The van der Waals surface area contributed by atoms with Gasteiger partial charge in [0.25, 0.3) is 5.91 Å². The van der Waals surface area contributed by atoms with Gasteiger partial charge in [-0.05, 0) is 18.9 Å². The molecule has 1 amide bonds. The Labute approximate surface area is 144 Å². The van der Waals surface area contributed by atoms with Crippen molar-refractivity contribution in [3.05, 3.63) is 23.7 Å². The van der Waals surface area contributed by atoms with E-state index in [2.05, 4.69) is 4.90 Å². The van der Waals surface area contributed by atoms with Crippen molar-refractivity contribution in [2.24, 2.45) is 5.73 Å². The molecule has 1 aromatic rings. The third-order valence-electron chi connectivity index (χ3n) is 4.54. The van der Waals surface area contributed by atoms with Crippen LogP contribution in [0.3, 0.4) is 0 Å². The van der Waals surface area contributed by atoms with Crippen LogP contribution in [0, 0.1) is 0 Å². The lowest BCUT2D eigenvalue weighted by Gasteiger charge is -2.37. The van der Waals surface area contributed by atoms with Gasteiger partial charge in [-0.3, -0.25) is 9.69 Å². The number of hydrogen-bond donors (Lipinski definition) is 1. The van der Waals surface area contributed by atoms with E-state index in [1.165, 1.54) is 31.9 Å². The molecule has 2 heterocycles. The Kier molecular flexibility index (Phi) is 7.69. The van der Waals surface area contributed by atoms with Crippen LogP contribution < -0.4 is 5.73 Å². The Morgan fingerprint density at radius 2 is 1.82 bits per heavy atom. The third-order valence-corrected chi connectivity index (χ3v) is 4.54. The SMILES string of the molecule is Cl.Cl.NCc1cc(C(=O)N2CCN(C3CCCC3)CC2)co1. The van der Waals surface area contributed by atoms with Gasteiger partial charge in [0.05, 0.1) is 12.1 Å². The molecule has 2 aliphatic rings. The predicted molar refractivity (Wildman–Crippen MR) is 90.8 cm³/mol. The zero-order valence-corrected chi connectivity index (χ0v) is 14.3. The Hall–Kier alpha value is -0.750. The molecule has 22 heavy (non-hydrogen) atoms. The number of amides is 1. The summed E-state index contributed by atoms with van der Waals surface area (Å²) in [5.74, 6) is 0.734. The second-order valence-corrected chi connectivity index (χ2v) is 5.77. The summed E-state index contributed by atoms with van der Waals surface area (Å²) in [7, 11) is 0. The maximum atomic E-state index is 12.4. The van der Waals surface area contributed by atoms with E-state index in [1.807, 2.05) is 4.90 Å². The van der Waals surface area contributed by atoms with Crippen LogP contribution in [0.4, 0.5) is 0 Å². The lowest BCUT2D eigenvalue weighted by molar-refractivity contribution is 0.0573. The first kappa shape index (κ1) is 19.3.